The van der Waals surface area contributed by atoms with E-state index in [0.29, 0.717) is 17.3 Å². The molecule has 33 heavy (non-hydrogen) atoms. The number of rotatable bonds is 6. The Balaban J connectivity index is 1.17. The van der Waals surface area contributed by atoms with Crippen LogP contribution in [0.5, 0.6) is 0 Å². The molecule has 5 nitrogen and oxygen atoms in total. The van der Waals surface area contributed by atoms with Gasteiger partial charge in [-0.3, -0.25) is 4.79 Å². The summed E-state index contributed by atoms with van der Waals surface area (Å²) in [6, 6.07) is 17.9. The highest BCUT2D eigenvalue weighted by Gasteiger charge is 2.51. The second kappa shape index (κ2) is 8.05. The van der Waals surface area contributed by atoms with Gasteiger partial charge in [0, 0.05) is 11.1 Å². The van der Waals surface area contributed by atoms with E-state index in [9.17, 15) is 4.79 Å². The van der Waals surface area contributed by atoms with Crippen molar-refractivity contribution >= 4 is 17.3 Å². The van der Waals surface area contributed by atoms with E-state index in [2.05, 4.69) is 21.7 Å². The molecule has 7 rings (SSSR count). The molecular formula is C28H31N3O2. The number of para-hydroxylation sites is 2. The summed E-state index contributed by atoms with van der Waals surface area (Å²) in [4.78, 5) is 17.6. The zero-order valence-corrected chi connectivity index (χ0v) is 19.1. The fraction of sp³-hybridized carbons (Fsp3) is 0.429. The van der Waals surface area contributed by atoms with Crippen LogP contribution in [0.3, 0.4) is 0 Å². The highest BCUT2D eigenvalue weighted by molar-refractivity contribution is 5.95. The summed E-state index contributed by atoms with van der Waals surface area (Å²) >= 11 is 0. The zero-order chi connectivity index (χ0) is 22.4. The minimum atomic E-state index is -0.0780. The van der Waals surface area contributed by atoms with Crippen molar-refractivity contribution in [3.05, 3.63) is 66.1 Å². The lowest BCUT2D eigenvalue weighted by Gasteiger charge is -2.57. The molecule has 4 aliphatic rings. The molecule has 0 saturated heterocycles. The summed E-state index contributed by atoms with van der Waals surface area (Å²) in [6.45, 7) is 1.87. The lowest BCUT2D eigenvalue weighted by atomic mass is 9.53. The van der Waals surface area contributed by atoms with Crippen LogP contribution in [-0.4, -0.2) is 16.4 Å². The lowest BCUT2D eigenvalue weighted by molar-refractivity contribution is -0.115. The van der Waals surface area contributed by atoms with Crippen molar-refractivity contribution in [2.24, 2.45) is 17.8 Å². The van der Waals surface area contributed by atoms with Gasteiger partial charge in [-0.1, -0.05) is 30.3 Å². The summed E-state index contributed by atoms with van der Waals surface area (Å²) in [6.07, 6.45) is 8.24. The van der Waals surface area contributed by atoms with Crippen LogP contribution in [-0.2, 0) is 11.2 Å². The number of hydrogen-bond donors (Lipinski definition) is 2. The fourth-order valence-electron chi connectivity index (χ4n) is 6.89. The Morgan fingerprint density at radius 1 is 0.939 bits per heavy atom. The first-order valence-electron chi connectivity index (χ1n) is 12.2. The third-order valence-corrected chi connectivity index (χ3v) is 7.88. The van der Waals surface area contributed by atoms with Gasteiger partial charge in [0.1, 0.15) is 5.76 Å². The summed E-state index contributed by atoms with van der Waals surface area (Å²) in [7, 11) is 0. The molecule has 1 amide bonds. The maximum Gasteiger partial charge on any atom is 0.230 e. The van der Waals surface area contributed by atoms with Gasteiger partial charge in [0.15, 0.2) is 0 Å². The molecule has 1 aromatic heterocycles. The summed E-state index contributed by atoms with van der Waals surface area (Å²) in [5.41, 5.74) is 3.68. The van der Waals surface area contributed by atoms with Gasteiger partial charge in [0.25, 0.3) is 0 Å². The largest absolute Gasteiger partial charge is 0.441 e. The molecule has 1 heterocycles. The van der Waals surface area contributed by atoms with Crippen LogP contribution in [0.2, 0.25) is 0 Å². The van der Waals surface area contributed by atoms with Crippen molar-refractivity contribution in [2.45, 2.75) is 57.4 Å². The van der Waals surface area contributed by atoms with E-state index in [1.54, 1.807) is 0 Å². The van der Waals surface area contributed by atoms with E-state index in [4.69, 9.17) is 4.42 Å². The number of aromatic nitrogens is 1. The van der Waals surface area contributed by atoms with Crippen molar-refractivity contribution in [1.29, 1.82) is 0 Å². The molecular weight excluding hydrogens is 410 g/mol. The van der Waals surface area contributed by atoms with Gasteiger partial charge in [-0.05, 0) is 87.5 Å². The Kier molecular flexibility index (Phi) is 5.01. The van der Waals surface area contributed by atoms with Gasteiger partial charge in [0.05, 0.1) is 23.5 Å². The first-order chi connectivity index (χ1) is 16.1. The van der Waals surface area contributed by atoms with E-state index in [0.717, 1.165) is 34.7 Å². The van der Waals surface area contributed by atoms with Crippen LogP contribution in [0.25, 0.3) is 11.5 Å². The summed E-state index contributed by atoms with van der Waals surface area (Å²) < 4.78 is 5.83. The standard InChI is InChI=1S/C28H31N3O2/c1-18-25(30-27(33-18)22-7-3-2-4-8-22)14-26(32)29-23-9-5-6-10-24(23)31-28-15-19-11-20(16-28)13-21(12-19)17-28/h2-10,19-21,31H,11-17H2,1H3,(H,29,32). The molecule has 4 aliphatic carbocycles. The molecule has 2 aromatic carbocycles. The molecule has 0 atom stereocenters. The van der Waals surface area contributed by atoms with E-state index < -0.39 is 0 Å². The SMILES string of the molecule is Cc1oc(-c2ccccc2)nc1CC(=O)Nc1ccccc1NC12CC3CC(CC(C3)C1)C2. The predicted octanol–water partition coefficient (Wildman–Crippen LogP) is 6.21. The first-order valence-corrected chi connectivity index (χ1v) is 12.2. The second-order valence-electron chi connectivity index (χ2n) is 10.5. The van der Waals surface area contributed by atoms with Crippen LogP contribution in [0.15, 0.2) is 59.0 Å². The molecule has 4 saturated carbocycles. The minimum Gasteiger partial charge on any atom is -0.441 e. The normalized spacial score (nSPS) is 27.5. The maximum absolute atomic E-state index is 13.0. The molecule has 170 valence electrons. The maximum atomic E-state index is 13.0. The molecule has 0 aliphatic heterocycles. The van der Waals surface area contributed by atoms with Crippen molar-refractivity contribution < 1.29 is 9.21 Å². The number of nitrogens with one attached hydrogen (secondary N) is 2. The Morgan fingerprint density at radius 3 is 2.21 bits per heavy atom. The number of nitrogens with zero attached hydrogens (tertiary/aromatic N) is 1. The number of hydrogen-bond acceptors (Lipinski definition) is 4. The average molecular weight is 442 g/mol. The van der Waals surface area contributed by atoms with Crippen LogP contribution in [0, 0.1) is 24.7 Å². The lowest BCUT2D eigenvalue weighted by Crippen LogP contribution is -2.54. The number of benzene rings is 2. The van der Waals surface area contributed by atoms with Crippen LogP contribution >= 0.6 is 0 Å². The third kappa shape index (κ3) is 4.05. The monoisotopic (exact) mass is 441 g/mol. The van der Waals surface area contributed by atoms with Gasteiger partial charge in [-0.15, -0.1) is 0 Å². The van der Waals surface area contributed by atoms with E-state index in [1.807, 2.05) is 55.5 Å². The number of amides is 1. The van der Waals surface area contributed by atoms with Crippen molar-refractivity contribution in [2.75, 3.05) is 10.6 Å². The molecule has 3 aromatic rings. The topological polar surface area (TPSA) is 67.2 Å². The molecule has 4 fully saturated rings. The van der Waals surface area contributed by atoms with Crippen LogP contribution in [0.4, 0.5) is 11.4 Å². The van der Waals surface area contributed by atoms with E-state index >= 15 is 0 Å². The summed E-state index contributed by atoms with van der Waals surface area (Å²) in [5, 5.41) is 7.05. The first kappa shape index (κ1) is 20.5. The zero-order valence-electron chi connectivity index (χ0n) is 19.1. The Hall–Kier alpha value is -3.08. The van der Waals surface area contributed by atoms with Crippen LogP contribution in [0.1, 0.15) is 50.0 Å². The quantitative estimate of drug-likeness (QED) is 0.477. The summed E-state index contributed by atoms with van der Waals surface area (Å²) in [5.74, 6) is 3.79. The van der Waals surface area contributed by atoms with Gasteiger partial charge in [-0.25, -0.2) is 4.98 Å². The minimum absolute atomic E-state index is 0.0780. The molecule has 4 bridgehead atoms. The molecule has 0 radical (unpaired) electrons. The number of aryl methyl sites for hydroxylation is 1. The van der Waals surface area contributed by atoms with Crippen LogP contribution < -0.4 is 10.6 Å². The second-order valence-corrected chi connectivity index (χ2v) is 10.5. The molecule has 0 unspecified atom stereocenters. The van der Waals surface area contributed by atoms with Crippen molar-refractivity contribution in [3.8, 4) is 11.5 Å². The highest BCUT2D eigenvalue weighted by atomic mass is 16.4. The Morgan fingerprint density at radius 2 is 1.55 bits per heavy atom. The number of anilines is 2. The molecule has 5 heteroatoms. The van der Waals surface area contributed by atoms with Gasteiger partial charge < -0.3 is 15.1 Å². The molecule has 2 N–H and O–H groups in total. The Bertz CT molecular complexity index is 1130. The van der Waals surface area contributed by atoms with Gasteiger partial charge >= 0.3 is 0 Å². The third-order valence-electron chi connectivity index (χ3n) is 7.88. The van der Waals surface area contributed by atoms with Crippen molar-refractivity contribution in [1.82, 2.24) is 4.98 Å². The van der Waals surface area contributed by atoms with Gasteiger partial charge in [0.2, 0.25) is 11.8 Å². The van der Waals surface area contributed by atoms with E-state index in [1.165, 1.54) is 38.5 Å². The van der Waals surface area contributed by atoms with E-state index in [-0.39, 0.29) is 17.9 Å². The van der Waals surface area contributed by atoms with Crippen molar-refractivity contribution in [3.63, 3.8) is 0 Å². The predicted molar refractivity (Wildman–Crippen MR) is 130 cm³/mol. The van der Waals surface area contributed by atoms with Gasteiger partial charge in [-0.2, -0.15) is 0 Å². The average Bonchev–Trinajstić information content (AvgIpc) is 3.15. The Labute approximate surface area is 195 Å². The number of carbonyl (C=O) groups excluding carboxylic acids is 1. The highest BCUT2D eigenvalue weighted by Crippen LogP contribution is 2.56. The smallest absolute Gasteiger partial charge is 0.230 e. The fourth-order valence-corrected chi connectivity index (χ4v) is 6.89. The number of carbonyl (C=O) groups is 1. The molecule has 0 spiro atoms. The number of oxazole rings is 1.